The highest BCUT2D eigenvalue weighted by Crippen LogP contribution is 2.21. The first-order valence-electron chi connectivity index (χ1n) is 9.25. The zero-order valence-electron chi connectivity index (χ0n) is 17.0. The first kappa shape index (κ1) is 21.9. The monoisotopic (exact) mass is 402 g/mol. The summed E-state index contributed by atoms with van der Waals surface area (Å²) in [5.41, 5.74) is 2.97. The van der Waals surface area contributed by atoms with Crippen molar-refractivity contribution in [1.29, 1.82) is 0 Å². The molecule has 2 aromatic rings. The van der Waals surface area contributed by atoms with E-state index in [2.05, 4.69) is 46.3 Å². The van der Waals surface area contributed by atoms with Gasteiger partial charge in [-0.2, -0.15) is 0 Å². The van der Waals surface area contributed by atoms with Gasteiger partial charge in [0.1, 0.15) is 0 Å². The van der Waals surface area contributed by atoms with Crippen LogP contribution in [0, 0.1) is 0 Å². The first-order chi connectivity index (χ1) is 13.3. The van der Waals surface area contributed by atoms with Gasteiger partial charge >= 0.3 is 0 Å². The molecule has 0 aromatic heterocycles. The first-order valence-corrected chi connectivity index (χ1v) is 10.9. The maximum Gasteiger partial charge on any atom is 0.215 e. The van der Waals surface area contributed by atoms with Gasteiger partial charge < -0.3 is 10.6 Å². The van der Waals surface area contributed by atoms with Crippen LogP contribution in [0.5, 0.6) is 0 Å². The Balaban J connectivity index is 1.94. The average molecular weight is 403 g/mol. The minimum atomic E-state index is -3.28. The van der Waals surface area contributed by atoms with Crippen molar-refractivity contribution in [3.05, 3.63) is 71.3 Å². The van der Waals surface area contributed by atoms with Gasteiger partial charge in [0.2, 0.25) is 10.0 Å². The van der Waals surface area contributed by atoms with Crippen LogP contribution in [0.2, 0.25) is 0 Å². The lowest BCUT2D eigenvalue weighted by Crippen LogP contribution is -2.43. The summed E-state index contributed by atoms with van der Waals surface area (Å²) in [6.45, 7) is 5.67. The highest BCUT2D eigenvalue weighted by atomic mass is 32.2. The van der Waals surface area contributed by atoms with Crippen LogP contribution in [-0.4, -0.2) is 35.0 Å². The highest BCUT2D eigenvalue weighted by Gasteiger charge is 2.20. The number of sulfonamides is 1. The molecule has 0 saturated carbocycles. The molecule has 2 rings (SSSR count). The van der Waals surface area contributed by atoms with Crippen molar-refractivity contribution in [3.63, 3.8) is 0 Å². The second-order valence-corrected chi connectivity index (χ2v) is 9.24. The summed E-state index contributed by atoms with van der Waals surface area (Å²) < 4.78 is 25.8. The van der Waals surface area contributed by atoms with E-state index in [0.717, 1.165) is 17.7 Å². The van der Waals surface area contributed by atoms with Crippen LogP contribution in [0.15, 0.2) is 59.6 Å². The number of guanidine groups is 1. The van der Waals surface area contributed by atoms with Gasteiger partial charge in [-0.25, -0.2) is 13.1 Å². The van der Waals surface area contributed by atoms with Crippen molar-refractivity contribution in [2.45, 2.75) is 31.6 Å². The van der Waals surface area contributed by atoms with Crippen molar-refractivity contribution >= 4 is 16.0 Å². The molecule has 3 N–H and O–H groups in total. The van der Waals surface area contributed by atoms with E-state index in [1.807, 2.05) is 42.5 Å². The standard InChI is InChI=1S/C21H30N4O2S/c1-21(2,19-11-6-5-7-12-19)16-25-20(22-3)24-14-17-9-8-10-18(13-17)15-28(26,27)23-4/h5-13,23H,14-16H2,1-4H3,(H2,22,24,25). The third-order valence-electron chi connectivity index (χ3n) is 4.60. The van der Waals surface area contributed by atoms with Gasteiger partial charge in [0.05, 0.1) is 5.75 Å². The molecule has 0 fully saturated rings. The summed E-state index contributed by atoms with van der Waals surface area (Å²) in [6, 6.07) is 17.9. The third-order valence-corrected chi connectivity index (χ3v) is 5.93. The minimum absolute atomic E-state index is 0.0322. The van der Waals surface area contributed by atoms with Crippen LogP contribution in [0.3, 0.4) is 0 Å². The molecule has 2 aromatic carbocycles. The van der Waals surface area contributed by atoms with Gasteiger partial charge in [0.15, 0.2) is 5.96 Å². The molecule has 0 saturated heterocycles. The van der Waals surface area contributed by atoms with Crippen LogP contribution in [0.4, 0.5) is 0 Å². The van der Waals surface area contributed by atoms with Crippen molar-refractivity contribution in [2.24, 2.45) is 4.99 Å². The number of benzene rings is 2. The van der Waals surface area contributed by atoms with E-state index in [-0.39, 0.29) is 11.2 Å². The maximum absolute atomic E-state index is 11.7. The van der Waals surface area contributed by atoms with E-state index in [4.69, 9.17) is 0 Å². The van der Waals surface area contributed by atoms with Crippen LogP contribution in [-0.2, 0) is 27.7 Å². The molecule has 0 bridgehead atoms. The number of aliphatic imine (C=N–C) groups is 1. The number of nitrogens with zero attached hydrogens (tertiary/aromatic N) is 1. The van der Waals surface area contributed by atoms with Crippen molar-refractivity contribution in [1.82, 2.24) is 15.4 Å². The summed E-state index contributed by atoms with van der Waals surface area (Å²) in [7, 11) is -0.122. The van der Waals surface area contributed by atoms with E-state index in [0.29, 0.717) is 12.5 Å². The molecule has 7 heteroatoms. The van der Waals surface area contributed by atoms with Crippen LogP contribution in [0.1, 0.15) is 30.5 Å². The Hall–Kier alpha value is -2.38. The third kappa shape index (κ3) is 6.65. The normalized spacial score (nSPS) is 12.6. The number of nitrogens with one attached hydrogen (secondary N) is 3. The van der Waals surface area contributed by atoms with Gasteiger partial charge in [0.25, 0.3) is 0 Å². The Morgan fingerprint density at radius 2 is 1.68 bits per heavy atom. The summed E-state index contributed by atoms with van der Waals surface area (Å²) in [6.07, 6.45) is 0. The molecule has 0 atom stereocenters. The van der Waals surface area contributed by atoms with Gasteiger partial charge in [-0.05, 0) is 23.7 Å². The summed E-state index contributed by atoms with van der Waals surface area (Å²) in [4.78, 5) is 4.28. The van der Waals surface area contributed by atoms with Crippen molar-refractivity contribution in [2.75, 3.05) is 20.6 Å². The van der Waals surface area contributed by atoms with E-state index in [1.54, 1.807) is 7.05 Å². The highest BCUT2D eigenvalue weighted by molar-refractivity contribution is 7.88. The predicted octanol–water partition coefficient (Wildman–Crippen LogP) is 2.38. The fourth-order valence-corrected chi connectivity index (χ4v) is 3.59. The molecule has 0 unspecified atom stereocenters. The van der Waals surface area contributed by atoms with Gasteiger partial charge in [0, 0.05) is 25.6 Å². The number of rotatable bonds is 8. The molecule has 0 aliphatic carbocycles. The van der Waals surface area contributed by atoms with Crippen LogP contribution >= 0.6 is 0 Å². The molecule has 152 valence electrons. The summed E-state index contributed by atoms with van der Waals surface area (Å²) in [5, 5.41) is 6.66. The quantitative estimate of drug-likeness (QED) is 0.468. The second kappa shape index (κ2) is 9.71. The van der Waals surface area contributed by atoms with Crippen molar-refractivity contribution in [3.8, 4) is 0 Å². The minimum Gasteiger partial charge on any atom is -0.356 e. The number of hydrogen-bond acceptors (Lipinski definition) is 3. The van der Waals surface area contributed by atoms with Crippen molar-refractivity contribution < 1.29 is 8.42 Å². The largest absolute Gasteiger partial charge is 0.356 e. The maximum atomic E-state index is 11.7. The van der Waals surface area contributed by atoms with Gasteiger partial charge in [-0.3, -0.25) is 4.99 Å². The molecular weight excluding hydrogens is 372 g/mol. The molecule has 6 nitrogen and oxygen atoms in total. The number of hydrogen-bond donors (Lipinski definition) is 3. The van der Waals surface area contributed by atoms with Crippen LogP contribution < -0.4 is 15.4 Å². The smallest absolute Gasteiger partial charge is 0.215 e. The Labute approximate surface area is 168 Å². The van der Waals surface area contributed by atoms with Crippen LogP contribution in [0.25, 0.3) is 0 Å². The molecule has 0 aliphatic rings. The fraction of sp³-hybridized carbons (Fsp3) is 0.381. The van der Waals surface area contributed by atoms with Gasteiger partial charge in [-0.1, -0.05) is 68.4 Å². The second-order valence-electron chi connectivity index (χ2n) is 7.31. The summed E-state index contributed by atoms with van der Waals surface area (Å²) >= 11 is 0. The van der Waals surface area contributed by atoms with E-state index >= 15 is 0 Å². The van der Waals surface area contributed by atoms with E-state index in [1.165, 1.54) is 12.6 Å². The zero-order valence-corrected chi connectivity index (χ0v) is 17.8. The molecule has 0 aliphatic heterocycles. The Morgan fingerprint density at radius 1 is 1.00 bits per heavy atom. The lowest BCUT2D eigenvalue weighted by Gasteiger charge is -2.26. The van der Waals surface area contributed by atoms with E-state index < -0.39 is 10.0 Å². The van der Waals surface area contributed by atoms with Gasteiger partial charge in [-0.15, -0.1) is 0 Å². The Kier molecular flexibility index (Phi) is 7.60. The topological polar surface area (TPSA) is 82.6 Å². The molecule has 0 amide bonds. The average Bonchev–Trinajstić information content (AvgIpc) is 2.69. The molecule has 0 heterocycles. The SMILES string of the molecule is CN=C(NCc1cccc(CS(=O)(=O)NC)c1)NCC(C)(C)c1ccccc1. The molecule has 28 heavy (non-hydrogen) atoms. The molecule has 0 spiro atoms. The van der Waals surface area contributed by atoms with E-state index in [9.17, 15) is 8.42 Å². The predicted molar refractivity (Wildman–Crippen MR) is 116 cm³/mol. The fourth-order valence-electron chi connectivity index (χ4n) is 2.82. The Morgan fingerprint density at radius 3 is 2.32 bits per heavy atom. The lowest BCUT2D eigenvalue weighted by atomic mass is 9.85. The molecular formula is C21H30N4O2S. The Bertz CT molecular complexity index is 894. The molecule has 0 radical (unpaired) electrons. The lowest BCUT2D eigenvalue weighted by molar-refractivity contribution is 0.508. The zero-order chi connectivity index (χ0) is 20.6. The summed E-state index contributed by atoms with van der Waals surface area (Å²) in [5.74, 6) is 0.674.